The molecule has 11 heteroatoms. The molecular formula is C24H21F3N2O5S. The number of amides is 1. The fourth-order valence-corrected chi connectivity index (χ4v) is 5.07. The van der Waals surface area contributed by atoms with Crippen molar-refractivity contribution in [2.24, 2.45) is 0 Å². The molecule has 0 aliphatic heterocycles. The van der Waals surface area contributed by atoms with Crippen molar-refractivity contribution in [2.45, 2.75) is 31.0 Å². The number of nitrogens with one attached hydrogen (secondary N) is 1. The van der Waals surface area contributed by atoms with E-state index in [1.165, 1.54) is 62.4 Å². The lowest BCUT2D eigenvalue weighted by atomic mass is 10.1. The molecule has 0 heterocycles. The van der Waals surface area contributed by atoms with Crippen molar-refractivity contribution in [2.75, 3.05) is 9.62 Å². The van der Waals surface area contributed by atoms with E-state index < -0.39 is 45.2 Å². The van der Waals surface area contributed by atoms with Crippen LogP contribution in [0, 0.1) is 0 Å². The molecule has 7 nitrogen and oxygen atoms in total. The quantitative estimate of drug-likeness (QED) is 0.455. The Morgan fingerprint density at radius 3 is 2.06 bits per heavy atom. The Morgan fingerprint density at radius 1 is 0.943 bits per heavy atom. The van der Waals surface area contributed by atoms with Crippen molar-refractivity contribution < 1.29 is 36.3 Å². The number of anilines is 2. The SMILES string of the molecule is CC(C)N(c1ccc(C(F)(F)F)cc1C(=O)Nc1ccc(C(=O)O)cc1)S(=O)(=O)c1ccccc1. The second-order valence-corrected chi connectivity index (χ2v) is 9.59. The number of hydrogen-bond donors (Lipinski definition) is 2. The maximum atomic E-state index is 13.4. The third-order valence-electron chi connectivity index (χ3n) is 4.96. The lowest BCUT2D eigenvalue weighted by Crippen LogP contribution is -2.38. The predicted octanol–water partition coefficient (Wildman–Crippen LogP) is 5.26. The van der Waals surface area contributed by atoms with Crippen molar-refractivity contribution in [3.63, 3.8) is 0 Å². The summed E-state index contributed by atoms with van der Waals surface area (Å²) in [4.78, 5) is 24.0. The van der Waals surface area contributed by atoms with Crippen LogP contribution in [0.2, 0.25) is 0 Å². The van der Waals surface area contributed by atoms with Crippen molar-refractivity contribution in [1.29, 1.82) is 0 Å². The van der Waals surface area contributed by atoms with Crippen molar-refractivity contribution in [1.82, 2.24) is 0 Å². The summed E-state index contributed by atoms with van der Waals surface area (Å²) >= 11 is 0. The molecule has 3 aromatic rings. The first-order valence-electron chi connectivity index (χ1n) is 10.3. The van der Waals surface area contributed by atoms with Crippen LogP contribution >= 0.6 is 0 Å². The molecule has 0 saturated heterocycles. The average molecular weight is 507 g/mol. The van der Waals surface area contributed by atoms with Crippen LogP contribution in [-0.4, -0.2) is 31.4 Å². The second kappa shape index (κ2) is 9.79. The lowest BCUT2D eigenvalue weighted by molar-refractivity contribution is -0.137. The van der Waals surface area contributed by atoms with Crippen molar-refractivity contribution in [3.05, 3.63) is 89.5 Å². The van der Waals surface area contributed by atoms with Crippen LogP contribution in [0.3, 0.4) is 0 Å². The first-order chi connectivity index (χ1) is 16.3. The number of halogens is 3. The van der Waals surface area contributed by atoms with Gasteiger partial charge in [-0.15, -0.1) is 0 Å². The molecule has 0 radical (unpaired) electrons. The van der Waals surface area contributed by atoms with Crippen LogP contribution in [0.15, 0.2) is 77.7 Å². The van der Waals surface area contributed by atoms with Crippen LogP contribution in [0.25, 0.3) is 0 Å². The maximum absolute atomic E-state index is 13.4. The molecule has 184 valence electrons. The molecule has 0 unspecified atom stereocenters. The van der Waals surface area contributed by atoms with E-state index in [9.17, 15) is 31.2 Å². The molecule has 35 heavy (non-hydrogen) atoms. The maximum Gasteiger partial charge on any atom is 0.416 e. The van der Waals surface area contributed by atoms with Gasteiger partial charge in [0.25, 0.3) is 15.9 Å². The van der Waals surface area contributed by atoms with Crippen LogP contribution in [0.4, 0.5) is 24.5 Å². The number of carboxylic acid groups (broad SMARTS) is 1. The molecule has 3 aromatic carbocycles. The largest absolute Gasteiger partial charge is 0.478 e. The van der Waals surface area contributed by atoms with E-state index in [2.05, 4.69) is 5.32 Å². The molecule has 0 bridgehead atoms. The summed E-state index contributed by atoms with van der Waals surface area (Å²) in [5, 5.41) is 11.4. The minimum atomic E-state index is -4.78. The zero-order valence-corrected chi connectivity index (χ0v) is 19.4. The monoisotopic (exact) mass is 506 g/mol. The van der Waals surface area contributed by atoms with Gasteiger partial charge in [-0.3, -0.25) is 9.10 Å². The highest BCUT2D eigenvalue weighted by Gasteiger charge is 2.35. The molecule has 0 fully saturated rings. The number of carbonyl (C=O) groups is 2. The molecule has 0 aliphatic rings. The van der Waals surface area contributed by atoms with Gasteiger partial charge in [-0.1, -0.05) is 18.2 Å². The zero-order chi connectivity index (χ0) is 26.0. The highest BCUT2D eigenvalue weighted by Crippen LogP contribution is 2.36. The molecule has 2 N–H and O–H groups in total. The third kappa shape index (κ3) is 5.62. The summed E-state index contributed by atoms with van der Waals surface area (Å²) < 4.78 is 68.1. The molecule has 3 rings (SSSR count). The summed E-state index contributed by atoms with van der Waals surface area (Å²) in [7, 11) is -4.24. The molecular weight excluding hydrogens is 485 g/mol. The first kappa shape index (κ1) is 25.8. The predicted molar refractivity (Wildman–Crippen MR) is 124 cm³/mol. The Balaban J connectivity index is 2.13. The highest BCUT2D eigenvalue weighted by atomic mass is 32.2. The Bertz CT molecular complexity index is 1340. The molecule has 0 aromatic heterocycles. The first-order valence-corrected chi connectivity index (χ1v) is 11.7. The van der Waals surface area contributed by atoms with Crippen LogP contribution < -0.4 is 9.62 Å². The number of benzene rings is 3. The second-order valence-electron chi connectivity index (χ2n) is 7.77. The van der Waals surface area contributed by atoms with E-state index in [0.717, 1.165) is 10.4 Å². The van der Waals surface area contributed by atoms with Crippen LogP contribution in [0.5, 0.6) is 0 Å². The van der Waals surface area contributed by atoms with Gasteiger partial charge in [-0.05, 0) is 68.4 Å². The summed E-state index contributed by atoms with van der Waals surface area (Å²) in [6.07, 6.45) is -4.78. The Kier molecular flexibility index (Phi) is 7.20. The topological polar surface area (TPSA) is 104 Å². The van der Waals surface area contributed by atoms with Gasteiger partial charge < -0.3 is 10.4 Å². The molecule has 0 spiro atoms. The fraction of sp³-hybridized carbons (Fsp3) is 0.167. The number of carbonyl (C=O) groups excluding carboxylic acids is 1. The molecule has 0 aliphatic carbocycles. The number of rotatable bonds is 7. The number of hydrogen-bond acceptors (Lipinski definition) is 4. The number of carboxylic acids is 1. The van der Waals surface area contributed by atoms with Crippen molar-refractivity contribution >= 4 is 33.3 Å². The van der Waals surface area contributed by atoms with E-state index in [1.54, 1.807) is 6.07 Å². The summed E-state index contributed by atoms with van der Waals surface area (Å²) in [6, 6.07) is 13.8. The normalized spacial score (nSPS) is 11.8. The smallest absolute Gasteiger partial charge is 0.416 e. The van der Waals surface area contributed by atoms with E-state index in [0.29, 0.717) is 12.1 Å². The third-order valence-corrected chi connectivity index (χ3v) is 6.97. The van der Waals surface area contributed by atoms with Gasteiger partial charge in [0.1, 0.15) is 0 Å². The Labute approximate surface area is 199 Å². The minimum absolute atomic E-state index is 0.0531. The van der Waals surface area contributed by atoms with E-state index in [-0.39, 0.29) is 21.8 Å². The van der Waals surface area contributed by atoms with E-state index in [1.807, 2.05) is 0 Å². The van der Waals surface area contributed by atoms with E-state index in [4.69, 9.17) is 5.11 Å². The van der Waals surface area contributed by atoms with Gasteiger partial charge in [0.05, 0.1) is 27.3 Å². The Hall–Kier alpha value is -3.86. The number of sulfonamides is 1. The van der Waals surface area contributed by atoms with Crippen LogP contribution in [0.1, 0.15) is 40.1 Å². The zero-order valence-electron chi connectivity index (χ0n) is 18.6. The van der Waals surface area contributed by atoms with Gasteiger partial charge >= 0.3 is 12.1 Å². The van der Waals surface area contributed by atoms with Gasteiger partial charge in [-0.2, -0.15) is 13.2 Å². The van der Waals surface area contributed by atoms with Gasteiger partial charge in [0, 0.05) is 11.7 Å². The van der Waals surface area contributed by atoms with E-state index >= 15 is 0 Å². The van der Waals surface area contributed by atoms with Crippen molar-refractivity contribution in [3.8, 4) is 0 Å². The number of aromatic carboxylic acids is 1. The standard InChI is InChI=1S/C24H21F3N2O5S/c1-15(2)29(35(33,34)19-6-4-3-5-7-19)21-13-10-17(24(25,26)27)14-20(21)22(30)28-18-11-8-16(9-12-18)23(31)32/h3-15H,1-2H3,(H,28,30)(H,31,32). The van der Waals surface area contributed by atoms with Gasteiger partial charge in [0.2, 0.25) is 0 Å². The number of nitrogens with zero attached hydrogens (tertiary/aromatic N) is 1. The minimum Gasteiger partial charge on any atom is -0.478 e. The summed E-state index contributed by atoms with van der Waals surface area (Å²) in [5.41, 5.74) is -1.83. The average Bonchev–Trinajstić information content (AvgIpc) is 2.79. The van der Waals surface area contributed by atoms with Crippen LogP contribution in [-0.2, 0) is 16.2 Å². The molecule has 1 amide bonds. The number of alkyl halides is 3. The molecule has 0 atom stereocenters. The summed E-state index contributed by atoms with van der Waals surface area (Å²) in [6.45, 7) is 3.06. The Morgan fingerprint density at radius 2 is 1.54 bits per heavy atom. The summed E-state index contributed by atoms with van der Waals surface area (Å²) in [5.74, 6) is -2.19. The lowest BCUT2D eigenvalue weighted by Gasteiger charge is -2.30. The fourth-order valence-electron chi connectivity index (χ4n) is 3.37. The van der Waals surface area contributed by atoms with Gasteiger partial charge in [-0.25, -0.2) is 13.2 Å². The highest BCUT2D eigenvalue weighted by molar-refractivity contribution is 7.92. The molecule has 0 saturated carbocycles. The van der Waals surface area contributed by atoms with Gasteiger partial charge in [0.15, 0.2) is 0 Å².